The van der Waals surface area contributed by atoms with Gasteiger partial charge in [0.2, 0.25) is 11.8 Å². The summed E-state index contributed by atoms with van der Waals surface area (Å²) in [5, 5.41) is 2.93. The smallest absolute Gasteiger partial charge is 0.242 e. The zero-order chi connectivity index (χ0) is 21.9. The molecule has 0 aliphatic carbocycles. The zero-order valence-corrected chi connectivity index (χ0v) is 18.0. The van der Waals surface area contributed by atoms with Gasteiger partial charge in [0.05, 0.1) is 13.5 Å². The van der Waals surface area contributed by atoms with Crippen LogP contribution in [0, 0.1) is 5.82 Å². The molecule has 5 nitrogen and oxygen atoms in total. The predicted octanol–water partition coefficient (Wildman–Crippen LogP) is 4.10. The van der Waals surface area contributed by atoms with Gasteiger partial charge in [-0.3, -0.25) is 9.59 Å². The predicted molar refractivity (Wildman–Crippen MR) is 116 cm³/mol. The van der Waals surface area contributed by atoms with E-state index in [1.54, 1.807) is 24.1 Å². The monoisotopic (exact) mass is 414 g/mol. The van der Waals surface area contributed by atoms with Crippen LogP contribution in [-0.4, -0.2) is 36.4 Å². The second-order valence-electron chi connectivity index (χ2n) is 7.24. The molecule has 0 unspecified atom stereocenters. The molecule has 1 atom stereocenters. The maximum atomic E-state index is 13.3. The Balaban J connectivity index is 2.21. The molecule has 162 valence electrons. The first-order valence-corrected chi connectivity index (χ1v) is 10.4. The molecule has 2 aromatic rings. The summed E-state index contributed by atoms with van der Waals surface area (Å²) in [7, 11) is 1.59. The lowest BCUT2D eigenvalue weighted by atomic mass is 10.1. The standard InChI is InChI=1S/C24H31FN2O3/c1-4-6-15-26-24(29)22(5-2)27(17-19-7-11-20(25)12-8-19)23(28)16-18-9-13-21(30-3)14-10-18/h7-14,22H,4-6,15-17H2,1-3H3,(H,26,29)/t22-/m1/s1. The number of amides is 2. The molecule has 6 heteroatoms. The van der Waals surface area contributed by atoms with Gasteiger partial charge in [0, 0.05) is 13.1 Å². The van der Waals surface area contributed by atoms with Crippen LogP contribution < -0.4 is 10.1 Å². The molecule has 1 N–H and O–H groups in total. The highest BCUT2D eigenvalue weighted by Gasteiger charge is 2.28. The Morgan fingerprint density at radius 2 is 1.67 bits per heavy atom. The number of halogens is 1. The maximum absolute atomic E-state index is 13.3. The third-order valence-electron chi connectivity index (χ3n) is 5.00. The van der Waals surface area contributed by atoms with Gasteiger partial charge in [-0.05, 0) is 48.2 Å². The number of ether oxygens (including phenoxy) is 1. The number of rotatable bonds is 11. The van der Waals surface area contributed by atoms with Crippen LogP contribution >= 0.6 is 0 Å². The number of methoxy groups -OCH3 is 1. The van der Waals surface area contributed by atoms with E-state index in [0.717, 1.165) is 29.7 Å². The first-order chi connectivity index (χ1) is 14.5. The molecule has 2 amide bonds. The van der Waals surface area contributed by atoms with E-state index in [-0.39, 0.29) is 30.6 Å². The Morgan fingerprint density at radius 1 is 1.03 bits per heavy atom. The van der Waals surface area contributed by atoms with E-state index >= 15 is 0 Å². The molecule has 0 saturated heterocycles. The van der Waals surface area contributed by atoms with Crippen LogP contribution in [0.15, 0.2) is 48.5 Å². The molecule has 0 radical (unpaired) electrons. The van der Waals surface area contributed by atoms with E-state index in [4.69, 9.17) is 4.74 Å². The summed E-state index contributed by atoms with van der Waals surface area (Å²) in [6.07, 6.45) is 2.53. The Morgan fingerprint density at radius 3 is 2.23 bits per heavy atom. The Bertz CT molecular complexity index is 806. The summed E-state index contributed by atoms with van der Waals surface area (Å²) < 4.78 is 18.5. The van der Waals surface area contributed by atoms with Crippen molar-refractivity contribution in [2.24, 2.45) is 0 Å². The van der Waals surface area contributed by atoms with Gasteiger partial charge in [-0.1, -0.05) is 44.5 Å². The SMILES string of the molecule is CCCCNC(=O)[C@@H](CC)N(Cc1ccc(F)cc1)C(=O)Cc1ccc(OC)cc1. The van der Waals surface area contributed by atoms with Crippen molar-refractivity contribution in [2.45, 2.75) is 52.1 Å². The van der Waals surface area contributed by atoms with Gasteiger partial charge in [0.25, 0.3) is 0 Å². The molecule has 0 saturated carbocycles. The molecule has 0 aliphatic rings. The van der Waals surface area contributed by atoms with E-state index in [1.807, 2.05) is 31.2 Å². The van der Waals surface area contributed by atoms with Crippen LogP contribution in [0.3, 0.4) is 0 Å². The Hall–Kier alpha value is -2.89. The Labute approximate surface area is 178 Å². The van der Waals surface area contributed by atoms with Crippen LogP contribution in [0.2, 0.25) is 0 Å². The van der Waals surface area contributed by atoms with E-state index in [2.05, 4.69) is 12.2 Å². The lowest BCUT2D eigenvalue weighted by Gasteiger charge is -2.31. The molecule has 0 heterocycles. The summed E-state index contributed by atoms with van der Waals surface area (Å²) in [5.74, 6) is 0.0773. The highest BCUT2D eigenvalue weighted by atomic mass is 19.1. The summed E-state index contributed by atoms with van der Waals surface area (Å²) in [6, 6.07) is 12.7. The van der Waals surface area contributed by atoms with Crippen LogP contribution in [0.1, 0.15) is 44.2 Å². The highest BCUT2D eigenvalue weighted by molar-refractivity contribution is 5.88. The fourth-order valence-corrected chi connectivity index (χ4v) is 3.23. The van der Waals surface area contributed by atoms with E-state index < -0.39 is 6.04 Å². The van der Waals surface area contributed by atoms with Crippen molar-refractivity contribution in [1.29, 1.82) is 0 Å². The van der Waals surface area contributed by atoms with Crippen molar-refractivity contribution in [2.75, 3.05) is 13.7 Å². The molecular formula is C24H31FN2O3. The van der Waals surface area contributed by atoms with Gasteiger partial charge < -0.3 is 15.0 Å². The van der Waals surface area contributed by atoms with Crippen LogP contribution in [0.25, 0.3) is 0 Å². The van der Waals surface area contributed by atoms with Gasteiger partial charge in [-0.2, -0.15) is 0 Å². The largest absolute Gasteiger partial charge is 0.497 e. The van der Waals surface area contributed by atoms with E-state index in [1.165, 1.54) is 12.1 Å². The number of hydrogen-bond acceptors (Lipinski definition) is 3. The Kier molecular flexibility index (Phi) is 9.32. The second kappa shape index (κ2) is 12.0. The van der Waals surface area contributed by atoms with Crippen molar-refractivity contribution in [3.63, 3.8) is 0 Å². The topological polar surface area (TPSA) is 58.6 Å². The van der Waals surface area contributed by atoms with E-state index in [0.29, 0.717) is 13.0 Å². The summed E-state index contributed by atoms with van der Waals surface area (Å²) >= 11 is 0. The third-order valence-corrected chi connectivity index (χ3v) is 5.00. The molecule has 2 aromatic carbocycles. The number of hydrogen-bond donors (Lipinski definition) is 1. The van der Waals surface area contributed by atoms with E-state index in [9.17, 15) is 14.0 Å². The van der Waals surface area contributed by atoms with Crippen molar-refractivity contribution < 1.29 is 18.7 Å². The molecule has 30 heavy (non-hydrogen) atoms. The number of nitrogens with zero attached hydrogens (tertiary/aromatic N) is 1. The fourth-order valence-electron chi connectivity index (χ4n) is 3.23. The van der Waals surface area contributed by atoms with Crippen molar-refractivity contribution in [3.8, 4) is 5.75 Å². The van der Waals surface area contributed by atoms with Crippen LogP contribution in [0.4, 0.5) is 4.39 Å². The lowest BCUT2D eigenvalue weighted by Crippen LogP contribution is -2.49. The van der Waals surface area contributed by atoms with Crippen LogP contribution in [-0.2, 0) is 22.6 Å². The van der Waals surface area contributed by atoms with Gasteiger partial charge in [0.15, 0.2) is 0 Å². The third kappa shape index (κ3) is 6.87. The number of carbonyl (C=O) groups is 2. The zero-order valence-electron chi connectivity index (χ0n) is 18.0. The number of unbranched alkanes of at least 4 members (excludes halogenated alkanes) is 1. The minimum absolute atomic E-state index is 0.151. The molecular weight excluding hydrogens is 383 g/mol. The quantitative estimate of drug-likeness (QED) is 0.563. The van der Waals surface area contributed by atoms with Crippen molar-refractivity contribution >= 4 is 11.8 Å². The van der Waals surface area contributed by atoms with Gasteiger partial charge in [0.1, 0.15) is 17.6 Å². The molecule has 0 bridgehead atoms. The minimum Gasteiger partial charge on any atom is -0.497 e. The first-order valence-electron chi connectivity index (χ1n) is 10.4. The van der Waals surface area contributed by atoms with Crippen LogP contribution in [0.5, 0.6) is 5.75 Å². The van der Waals surface area contributed by atoms with Gasteiger partial charge in [-0.15, -0.1) is 0 Å². The van der Waals surface area contributed by atoms with Gasteiger partial charge in [-0.25, -0.2) is 4.39 Å². The molecule has 0 spiro atoms. The molecule has 0 fully saturated rings. The summed E-state index contributed by atoms with van der Waals surface area (Å²) in [4.78, 5) is 27.6. The molecule has 0 aliphatic heterocycles. The summed E-state index contributed by atoms with van der Waals surface area (Å²) in [5.41, 5.74) is 1.62. The number of benzene rings is 2. The highest BCUT2D eigenvalue weighted by Crippen LogP contribution is 2.17. The molecule has 0 aromatic heterocycles. The fraction of sp³-hybridized carbons (Fsp3) is 0.417. The first kappa shape index (κ1) is 23.4. The van der Waals surface area contributed by atoms with Gasteiger partial charge >= 0.3 is 0 Å². The lowest BCUT2D eigenvalue weighted by molar-refractivity contribution is -0.140. The van der Waals surface area contributed by atoms with Crippen molar-refractivity contribution in [1.82, 2.24) is 10.2 Å². The van der Waals surface area contributed by atoms with Crippen molar-refractivity contribution in [3.05, 3.63) is 65.5 Å². The summed E-state index contributed by atoms with van der Waals surface area (Å²) in [6.45, 7) is 4.78. The second-order valence-corrected chi connectivity index (χ2v) is 7.24. The average molecular weight is 415 g/mol. The maximum Gasteiger partial charge on any atom is 0.242 e. The number of carbonyl (C=O) groups excluding carboxylic acids is 2. The minimum atomic E-state index is -0.586. The average Bonchev–Trinajstić information content (AvgIpc) is 2.75. The number of nitrogens with one attached hydrogen (secondary N) is 1. The normalized spacial score (nSPS) is 11.6. The molecule has 2 rings (SSSR count).